The van der Waals surface area contributed by atoms with Crippen molar-refractivity contribution in [1.82, 2.24) is 19.7 Å². The van der Waals surface area contributed by atoms with Crippen molar-refractivity contribution in [3.05, 3.63) is 58.6 Å². The van der Waals surface area contributed by atoms with Gasteiger partial charge in [-0.1, -0.05) is 47.6 Å². The minimum Gasteiger partial charge on any atom is -0.345 e. The van der Waals surface area contributed by atoms with E-state index in [4.69, 9.17) is 11.6 Å². The van der Waals surface area contributed by atoms with Crippen molar-refractivity contribution in [2.45, 2.75) is 25.5 Å². The van der Waals surface area contributed by atoms with Crippen LogP contribution in [-0.4, -0.2) is 51.3 Å². The summed E-state index contributed by atoms with van der Waals surface area (Å²) < 4.78 is 2.00. The maximum absolute atomic E-state index is 12.5. The van der Waals surface area contributed by atoms with E-state index in [1.165, 1.54) is 16.7 Å². The van der Waals surface area contributed by atoms with Gasteiger partial charge < -0.3 is 14.8 Å². The molecule has 0 aliphatic carbocycles. The number of hydrogen-bond donors (Lipinski definition) is 1. The number of anilines is 1. The minimum atomic E-state index is -0.227. The maximum atomic E-state index is 12.5. The van der Waals surface area contributed by atoms with Crippen LogP contribution in [0.4, 0.5) is 5.69 Å². The molecule has 7 nitrogen and oxygen atoms in total. The van der Waals surface area contributed by atoms with Crippen molar-refractivity contribution in [2.75, 3.05) is 25.2 Å². The molecule has 3 aromatic rings. The maximum Gasteiger partial charge on any atom is 0.254 e. The number of carbonyl (C=O) groups excluding carboxylic acids is 2. The van der Waals surface area contributed by atoms with Crippen LogP contribution in [0, 0.1) is 6.92 Å². The van der Waals surface area contributed by atoms with E-state index in [2.05, 4.69) is 15.5 Å². The summed E-state index contributed by atoms with van der Waals surface area (Å²) in [7, 11) is 3.30. The van der Waals surface area contributed by atoms with Crippen molar-refractivity contribution < 1.29 is 9.59 Å². The molecule has 2 aromatic carbocycles. The summed E-state index contributed by atoms with van der Waals surface area (Å²) in [5.74, 6) is 0.507. The number of nitrogens with one attached hydrogen (secondary N) is 1. The summed E-state index contributed by atoms with van der Waals surface area (Å²) in [5, 5.41) is 12.4. The summed E-state index contributed by atoms with van der Waals surface area (Å²) in [6, 6.07) is 12.9. The summed E-state index contributed by atoms with van der Waals surface area (Å²) in [6.07, 6.45) is 0. The van der Waals surface area contributed by atoms with Crippen molar-refractivity contribution in [3.8, 4) is 11.4 Å². The number of halogens is 1. The number of rotatable bonds is 7. The van der Waals surface area contributed by atoms with Crippen molar-refractivity contribution in [1.29, 1.82) is 0 Å². The number of aryl methyl sites for hydroxylation is 1. The van der Waals surface area contributed by atoms with Crippen molar-refractivity contribution in [2.24, 2.45) is 0 Å². The molecule has 0 spiro atoms. The first-order chi connectivity index (χ1) is 14.8. The SMILES string of the molecule is CCn1c(SCC(=O)Nc2ccc(Cl)c(C(=O)N(C)C)c2)nnc1-c1ccccc1C. The van der Waals surface area contributed by atoms with Gasteiger partial charge in [-0.2, -0.15) is 0 Å². The number of aromatic nitrogens is 3. The Morgan fingerprint density at radius 3 is 2.58 bits per heavy atom. The van der Waals surface area contributed by atoms with Crippen LogP contribution in [0.3, 0.4) is 0 Å². The Bertz CT molecular complexity index is 1110. The van der Waals surface area contributed by atoms with E-state index >= 15 is 0 Å². The Labute approximate surface area is 190 Å². The lowest BCUT2D eigenvalue weighted by molar-refractivity contribution is -0.113. The molecule has 0 fully saturated rings. The fraction of sp³-hybridized carbons (Fsp3) is 0.273. The number of hydrogen-bond acceptors (Lipinski definition) is 5. The Morgan fingerprint density at radius 2 is 1.90 bits per heavy atom. The molecule has 3 rings (SSSR count). The number of benzene rings is 2. The standard InChI is InChI=1S/C22H24ClN5O2S/c1-5-28-20(16-9-7-6-8-14(16)2)25-26-22(28)31-13-19(29)24-15-10-11-18(23)17(12-15)21(30)27(3)4/h6-12H,5,13H2,1-4H3,(H,24,29). The highest BCUT2D eigenvalue weighted by molar-refractivity contribution is 7.99. The summed E-state index contributed by atoms with van der Waals surface area (Å²) in [5.41, 5.74) is 2.99. The molecule has 2 amide bonds. The molecule has 0 radical (unpaired) electrons. The lowest BCUT2D eigenvalue weighted by Crippen LogP contribution is -2.22. The van der Waals surface area contributed by atoms with E-state index in [1.54, 1.807) is 32.3 Å². The molecular weight excluding hydrogens is 434 g/mol. The van der Waals surface area contributed by atoms with E-state index in [0.717, 1.165) is 17.0 Å². The van der Waals surface area contributed by atoms with Gasteiger partial charge in [0.1, 0.15) is 0 Å². The van der Waals surface area contributed by atoms with E-state index in [9.17, 15) is 9.59 Å². The molecule has 162 valence electrons. The minimum absolute atomic E-state index is 0.158. The van der Waals surface area contributed by atoms with Crippen LogP contribution in [-0.2, 0) is 11.3 Å². The second-order valence-corrected chi connectivity index (χ2v) is 8.45. The first-order valence-electron chi connectivity index (χ1n) is 9.74. The van der Waals surface area contributed by atoms with Gasteiger partial charge in [0.15, 0.2) is 11.0 Å². The molecule has 1 heterocycles. The van der Waals surface area contributed by atoms with Gasteiger partial charge in [0.25, 0.3) is 5.91 Å². The van der Waals surface area contributed by atoms with E-state index in [1.807, 2.05) is 42.7 Å². The van der Waals surface area contributed by atoms with Crippen LogP contribution in [0.25, 0.3) is 11.4 Å². The predicted molar refractivity (Wildman–Crippen MR) is 125 cm³/mol. The highest BCUT2D eigenvalue weighted by Gasteiger charge is 2.17. The van der Waals surface area contributed by atoms with Gasteiger partial charge in [-0.15, -0.1) is 10.2 Å². The fourth-order valence-corrected chi connectivity index (χ4v) is 4.04. The summed E-state index contributed by atoms with van der Waals surface area (Å²) in [6.45, 7) is 4.74. The molecular formula is C22H24ClN5O2S. The normalized spacial score (nSPS) is 10.7. The molecule has 0 bridgehead atoms. The van der Waals surface area contributed by atoms with Gasteiger partial charge in [-0.25, -0.2) is 0 Å². The number of thioether (sulfide) groups is 1. The Balaban J connectivity index is 1.70. The molecule has 1 N–H and O–H groups in total. The molecule has 1 aromatic heterocycles. The van der Waals surface area contributed by atoms with Crippen molar-refractivity contribution in [3.63, 3.8) is 0 Å². The van der Waals surface area contributed by atoms with Gasteiger partial charge in [-0.3, -0.25) is 9.59 Å². The predicted octanol–water partition coefficient (Wildman–Crippen LogP) is 4.36. The van der Waals surface area contributed by atoms with Crippen LogP contribution in [0.5, 0.6) is 0 Å². The Hall–Kier alpha value is -2.84. The third-order valence-corrected chi connectivity index (χ3v) is 5.93. The Kier molecular flexibility index (Phi) is 7.35. The number of carbonyl (C=O) groups is 2. The number of nitrogens with zero attached hydrogens (tertiary/aromatic N) is 4. The smallest absolute Gasteiger partial charge is 0.254 e. The lowest BCUT2D eigenvalue weighted by atomic mass is 10.1. The summed E-state index contributed by atoms with van der Waals surface area (Å²) >= 11 is 7.44. The molecule has 0 atom stereocenters. The molecule has 0 saturated carbocycles. The third-order valence-electron chi connectivity index (χ3n) is 4.64. The lowest BCUT2D eigenvalue weighted by Gasteiger charge is -2.13. The monoisotopic (exact) mass is 457 g/mol. The zero-order valence-corrected chi connectivity index (χ0v) is 19.4. The van der Waals surface area contributed by atoms with Gasteiger partial charge in [-0.05, 0) is 37.6 Å². The van der Waals surface area contributed by atoms with Crippen LogP contribution >= 0.6 is 23.4 Å². The van der Waals surface area contributed by atoms with Gasteiger partial charge in [0.2, 0.25) is 5.91 Å². The first kappa shape index (κ1) is 22.8. The molecule has 9 heteroatoms. The van der Waals surface area contributed by atoms with E-state index < -0.39 is 0 Å². The first-order valence-corrected chi connectivity index (χ1v) is 11.1. The quantitative estimate of drug-likeness (QED) is 0.533. The van der Waals surface area contributed by atoms with E-state index in [-0.39, 0.29) is 17.6 Å². The van der Waals surface area contributed by atoms with Gasteiger partial charge in [0.05, 0.1) is 16.3 Å². The second kappa shape index (κ2) is 9.98. The highest BCUT2D eigenvalue weighted by Crippen LogP contribution is 2.27. The van der Waals surface area contributed by atoms with Crippen LogP contribution in [0.1, 0.15) is 22.8 Å². The van der Waals surface area contributed by atoms with Gasteiger partial charge >= 0.3 is 0 Å². The largest absolute Gasteiger partial charge is 0.345 e. The topological polar surface area (TPSA) is 80.1 Å². The van der Waals surface area contributed by atoms with Gasteiger partial charge in [0, 0.05) is 31.9 Å². The molecule has 31 heavy (non-hydrogen) atoms. The number of amides is 2. The second-order valence-electron chi connectivity index (χ2n) is 7.10. The van der Waals surface area contributed by atoms with E-state index in [0.29, 0.717) is 28.0 Å². The Morgan fingerprint density at radius 1 is 1.16 bits per heavy atom. The third kappa shape index (κ3) is 5.26. The van der Waals surface area contributed by atoms with Crippen LogP contribution in [0.2, 0.25) is 5.02 Å². The molecule has 0 unspecified atom stereocenters. The molecule has 0 aliphatic rings. The zero-order valence-electron chi connectivity index (χ0n) is 17.8. The summed E-state index contributed by atoms with van der Waals surface area (Å²) in [4.78, 5) is 26.2. The average Bonchev–Trinajstić information content (AvgIpc) is 3.16. The van der Waals surface area contributed by atoms with Crippen LogP contribution < -0.4 is 5.32 Å². The fourth-order valence-electron chi connectivity index (χ4n) is 3.04. The van der Waals surface area contributed by atoms with Crippen LogP contribution in [0.15, 0.2) is 47.6 Å². The highest BCUT2D eigenvalue weighted by atomic mass is 35.5. The zero-order chi connectivity index (χ0) is 22.5. The molecule has 0 saturated heterocycles. The van der Waals surface area contributed by atoms with Crippen molar-refractivity contribution >= 4 is 40.9 Å². The molecule has 0 aliphatic heterocycles. The average molecular weight is 458 g/mol.